The summed E-state index contributed by atoms with van der Waals surface area (Å²) in [5, 5.41) is 7.52. The normalized spacial score (nSPS) is 28.4. The van der Waals surface area contributed by atoms with Gasteiger partial charge in [-0.25, -0.2) is 0 Å². The Morgan fingerprint density at radius 2 is 2.20 bits per heavy atom. The average Bonchev–Trinajstić information content (AvgIpc) is 3.15. The van der Waals surface area contributed by atoms with Gasteiger partial charge in [-0.2, -0.15) is 4.98 Å². The Balaban J connectivity index is 1.55. The van der Waals surface area contributed by atoms with Crippen molar-refractivity contribution in [3.05, 3.63) is 41.5 Å². The number of aromatic nitrogens is 2. The van der Waals surface area contributed by atoms with Crippen molar-refractivity contribution < 1.29 is 9.26 Å². The van der Waals surface area contributed by atoms with Crippen molar-refractivity contribution in [2.45, 2.75) is 31.9 Å². The van der Waals surface area contributed by atoms with Crippen molar-refractivity contribution in [3.8, 4) is 5.75 Å². The average molecular weight is 271 g/mol. The number of rotatable bonds is 2. The second-order valence-corrected chi connectivity index (χ2v) is 5.61. The summed E-state index contributed by atoms with van der Waals surface area (Å²) in [6.07, 6.45) is 1.83. The van der Waals surface area contributed by atoms with Crippen LogP contribution in [0.2, 0.25) is 0 Å². The van der Waals surface area contributed by atoms with E-state index in [0.29, 0.717) is 17.6 Å². The molecule has 1 aromatic heterocycles. The zero-order valence-corrected chi connectivity index (χ0v) is 11.4. The molecule has 0 saturated carbocycles. The van der Waals surface area contributed by atoms with Crippen LogP contribution in [0.1, 0.15) is 42.8 Å². The number of nitrogens with zero attached hydrogens (tertiary/aromatic N) is 2. The van der Waals surface area contributed by atoms with Crippen LogP contribution in [0.3, 0.4) is 0 Å². The third kappa shape index (κ3) is 1.89. The van der Waals surface area contributed by atoms with Crippen LogP contribution in [-0.4, -0.2) is 16.7 Å². The highest BCUT2D eigenvalue weighted by atomic mass is 16.5. The van der Waals surface area contributed by atoms with Crippen LogP contribution < -0.4 is 10.1 Å². The van der Waals surface area contributed by atoms with Crippen LogP contribution in [0, 0.1) is 5.92 Å². The Morgan fingerprint density at radius 3 is 3.00 bits per heavy atom. The molecule has 0 bridgehead atoms. The van der Waals surface area contributed by atoms with Crippen LogP contribution in [-0.2, 0) is 6.42 Å². The molecule has 2 aliphatic heterocycles. The molecule has 0 aliphatic carbocycles. The summed E-state index contributed by atoms with van der Waals surface area (Å²) < 4.78 is 11.3. The molecule has 5 nitrogen and oxygen atoms in total. The Bertz CT molecular complexity index is 600. The zero-order valence-electron chi connectivity index (χ0n) is 11.4. The fourth-order valence-electron chi connectivity index (χ4n) is 3.00. The largest absolute Gasteiger partial charge is 0.482 e. The zero-order chi connectivity index (χ0) is 13.5. The molecule has 3 atom stereocenters. The number of hydrogen-bond acceptors (Lipinski definition) is 5. The molecule has 1 fully saturated rings. The van der Waals surface area contributed by atoms with Gasteiger partial charge in [0.15, 0.2) is 6.10 Å². The lowest BCUT2D eigenvalue weighted by molar-refractivity contribution is 0.220. The summed E-state index contributed by atoms with van der Waals surface area (Å²) in [6, 6.07) is 8.25. The predicted octanol–water partition coefficient (Wildman–Crippen LogP) is 2.42. The molecular weight excluding hydrogens is 254 g/mol. The van der Waals surface area contributed by atoms with E-state index in [1.165, 1.54) is 5.56 Å². The Hall–Kier alpha value is -1.88. The minimum atomic E-state index is -0.124. The van der Waals surface area contributed by atoms with Crippen LogP contribution in [0.15, 0.2) is 28.8 Å². The molecular formula is C15H17N3O2. The smallest absolute Gasteiger partial charge is 0.244 e. The molecule has 3 heterocycles. The van der Waals surface area contributed by atoms with Gasteiger partial charge in [0.05, 0.1) is 6.04 Å². The van der Waals surface area contributed by atoms with E-state index in [0.717, 1.165) is 25.1 Å². The maximum atomic E-state index is 5.89. The minimum Gasteiger partial charge on any atom is -0.482 e. The number of ether oxygens (including phenoxy) is 1. The summed E-state index contributed by atoms with van der Waals surface area (Å²) in [7, 11) is 0. The first-order valence-electron chi connectivity index (χ1n) is 7.13. The Morgan fingerprint density at radius 1 is 1.30 bits per heavy atom. The monoisotopic (exact) mass is 271 g/mol. The molecule has 0 spiro atoms. The van der Waals surface area contributed by atoms with Gasteiger partial charge in [-0.05, 0) is 30.5 Å². The molecule has 0 amide bonds. The van der Waals surface area contributed by atoms with Crippen molar-refractivity contribution in [2.24, 2.45) is 5.92 Å². The molecule has 1 aromatic carbocycles. The quantitative estimate of drug-likeness (QED) is 0.909. The van der Waals surface area contributed by atoms with Crippen molar-refractivity contribution in [1.29, 1.82) is 0 Å². The van der Waals surface area contributed by atoms with E-state index in [1.54, 1.807) is 0 Å². The van der Waals surface area contributed by atoms with Gasteiger partial charge in [0, 0.05) is 6.42 Å². The number of nitrogens with one attached hydrogen (secondary N) is 1. The second-order valence-electron chi connectivity index (χ2n) is 5.61. The van der Waals surface area contributed by atoms with Gasteiger partial charge in [-0.3, -0.25) is 0 Å². The molecule has 3 unspecified atom stereocenters. The number of para-hydroxylation sites is 1. The maximum Gasteiger partial charge on any atom is 0.244 e. The van der Waals surface area contributed by atoms with Crippen LogP contribution in [0.25, 0.3) is 0 Å². The van der Waals surface area contributed by atoms with Crippen molar-refractivity contribution in [3.63, 3.8) is 0 Å². The van der Waals surface area contributed by atoms with E-state index in [1.807, 2.05) is 18.2 Å². The van der Waals surface area contributed by atoms with Crippen LogP contribution in [0.5, 0.6) is 5.75 Å². The predicted molar refractivity (Wildman–Crippen MR) is 72.3 cm³/mol. The maximum absolute atomic E-state index is 5.89. The Labute approximate surface area is 117 Å². The fourth-order valence-corrected chi connectivity index (χ4v) is 3.00. The van der Waals surface area contributed by atoms with Crippen molar-refractivity contribution in [2.75, 3.05) is 6.54 Å². The van der Waals surface area contributed by atoms with Gasteiger partial charge in [0.2, 0.25) is 11.7 Å². The summed E-state index contributed by atoms with van der Waals surface area (Å²) in [4.78, 5) is 4.54. The van der Waals surface area contributed by atoms with Crippen LogP contribution >= 0.6 is 0 Å². The first-order valence-corrected chi connectivity index (χ1v) is 7.13. The van der Waals surface area contributed by atoms with Gasteiger partial charge in [0.25, 0.3) is 0 Å². The van der Waals surface area contributed by atoms with E-state index in [9.17, 15) is 0 Å². The van der Waals surface area contributed by atoms with Gasteiger partial charge in [0.1, 0.15) is 5.75 Å². The van der Waals surface area contributed by atoms with E-state index < -0.39 is 0 Å². The number of benzene rings is 1. The lowest BCUT2D eigenvalue weighted by Gasteiger charge is -2.09. The summed E-state index contributed by atoms with van der Waals surface area (Å²) >= 11 is 0. The third-order valence-corrected chi connectivity index (χ3v) is 4.19. The van der Waals surface area contributed by atoms with E-state index in [-0.39, 0.29) is 12.1 Å². The summed E-state index contributed by atoms with van der Waals surface area (Å²) in [5.41, 5.74) is 1.20. The molecule has 20 heavy (non-hydrogen) atoms. The lowest BCUT2D eigenvalue weighted by atomic mass is 10.0. The Kier molecular flexibility index (Phi) is 2.73. The fraction of sp³-hybridized carbons (Fsp3) is 0.467. The SMILES string of the molecule is CC1CCNC1c1nc(C2Cc3ccccc3O2)no1. The lowest BCUT2D eigenvalue weighted by Crippen LogP contribution is -2.17. The van der Waals surface area contributed by atoms with Gasteiger partial charge >= 0.3 is 0 Å². The molecule has 104 valence electrons. The third-order valence-electron chi connectivity index (χ3n) is 4.19. The van der Waals surface area contributed by atoms with Crippen LogP contribution in [0.4, 0.5) is 0 Å². The highest BCUT2D eigenvalue weighted by molar-refractivity contribution is 5.37. The second kappa shape index (κ2) is 4.59. The van der Waals surface area contributed by atoms with Gasteiger partial charge < -0.3 is 14.6 Å². The van der Waals surface area contributed by atoms with E-state index >= 15 is 0 Å². The molecule has 2 aliphatic rings. The van der Waals surface area contributed by atoms with Crippen molar-refractivity contribution in [1.82, 2.24) is 15.5 Å². The first-order chi connectivity index (χ1) is 9.81. The molecule has 0 radical (unpaired) electrons. The number of fused-ring (bicyclic) bond motifs is 1. The minimum absolute atomic E-state index is 0.124. The highest BCUT2D eigenvalue weighted by Crippen LogP contribution is 2.36. The van der Waals surface area contributed by atoms with E-state index in [4.69, 9.17) is 9.26 Å². The summed E-state index contributed by atoms with van der Waals surface area (Å²) in [5.74, 6) is 2.79. The molecule has 5 heteroatoms. The molecule has 1 N–H and O–H groups in total. The standard InChI is InChI=1S/C15H17N3O2/c1-9-6-7-16-13(9)15-17-14(18-20-15)12-8-10-4-2-3-5-11(10)19-12/h2-5,9,12-13,16H,6-8H2,1H3. The molecule has 1 saturated heterocycles. The topological polar surface area (TPSA) is 60.2 Å². The van der Waals surface area contributed by atoms with E-state index in [2.05, 4.69) is 28.4 Å². The van der Waals surface area contributed by atoms with Gasteiger partial charge in [-0.15, -0.1) is 0 Å². The molecule has 2 aromatic rings. The van der Waals surface area contributed by atoms with Crippen molar-refractivity contribution >= 4 is 0 Å². The first kappa shape index (κ1) is 11.9. The molecule has 4 rings (SSSR count). The summed E-state index contributed by atoms with van der Waals surface area (Å²) in [6.45, 7) is 3.21. The highest BCUT2D eigenvalue weighted by Gasteiger charge is 2.32. The van der Waals surface area contributed by atoms with Gasteiger partial charge in [-0.1, -0.05) is 30.3 Å². The number of hydrogen-bond donors (Lipinski definition) is 1.